The van der Waals surface area contributed by atoms with Crippen molar-refractivity contribution in [1.29, 1.82) is 0 Å². The SMILES string of the molecule is CC(C)CCCC(C)CCCCCC(C)CCCC(C)C. The van der Waals surface area contributed by atoms with Crippen molar-refractivity contribution in [2.45, 2.75) is 112 Å². The lowest BCUT2D eigenvalue weighted by molar-refractivity contribution is 0.397. The molecule has 0 spiro atoms. The van der Waals surface area contributed by atoms with Gasteiger partial charge in [0.15, 0.2) is 0 Å². The van der Waals surface area contributed by atoms with E-state index in [1.165, 1.54) is 70.6 Å². The van der Waals surface area contributed by atoms with Gasteiger partial charge in [-0.25, -0.2) is 0 Å². The molecule has 0 saturated heterocycles. The highest BCUT2D eigenvalue weighted by Gasteiger charge is 2.05. The fraction of sp³-hybridized carbons (Fsp3) is 1.00. The molecule has 21 heavy (non-hydrogen) atoms. The molecular formula is C21H44. The van der Waals surface area contributed by atoms with Gasteiger partial charge in [-0.2, -0.15) is 0 Å². The van der Waals surface area contributed by atoms with E-state index in [1.54, 1.807) is 0 Å². The van der Waals surface area contributed by atoms with E-state index in [1.807, 2.05) is 0 Å². The van der Waals surface area contributed by atoms with Crippen LogP contribution in [0.5, 0.6) is 0 Å². The zero-order valence-corrected chi connectivity index (χ0v) is 16.1. The normalized spacial score (nSPS) is 14.9. The molecule has 0 bridgehead atoms. The molecule has 0 saturated carbocycles. The van der Waals surface area contributed by atoms with Crippen LogP contribution in [0.15, 0.2) is 0 Å². The highest BCUT2D eigenvalue weighted by atomic mass is 14.1. The van der Waals surface area contributed by atoms with Gasteiger partial charge in [-0.3, -0.25) is 0 Å². The van der Waals surface area contributed by atoms with Crippen molar-refractivity contribution in [2.24, 2.45) is 23.7 Å². The molecule has 0 amide bonds. The van der Waals surface area contributed by atoms with E-state index in [0.29, 0.717) is 0 Å². The van der Waals surface area contributed by atoms with Crippen LogP contribution in [0.1, 0.15) is 112 Å². The fourth-order valence-electron chi connectivity index (χ4n) is 3.20. The summed E-state index contributed by atoms with van der Waals surface area (Å²) < 4.78 is 0. The molecule has 0 N–H and O–H groups in total. The number of unbranched alkanes of at least 4 members (excludes halogenated alkanes) is 2. The maximum absolute atomic E-state index is 2.45. The van der Waals surface area contributed by atoms with Crippen LogP contribution in [0.4, 0.5) is 0 Å². The Balaban J connectivity index is 3.34. The minimum Gasteiger partial charge on any atom is -0.0628 e. The van der Waals surface area contributed by atoms with E-state index in [2.05, 4.69) is 41.5 Å². The van der Waals surface area contributed by atoms with Gasteiger partial charge < -0.3 is 0 Å². The summed E-state index contributed by atoms with van der Waals surface area (Å²) in [6.07, 6.45) is 15.9. The summed E-state index contributed by atoms with van der Waals surface area (Å²) in [5.74, 6) is 3.67. The standard InChI is InChI=1S/C21H44/c1-18(2)12-10-16-20(5)14-8-7-9-15-21(6)17-11-13-19(3)4/h18-21H,7-17H2,1-6H3. The Bertz CT molecular complexity index is 182. The number of rotatable bonds is 14. The maximum Gasteiger partial charge on any atom is -0.0443 e. The van der Waals surface area contributed by atoms with E-state index < -0.39 is 0 Å². The van der Waals surface area contributed by atoms with E-state index in [9.17, 15) is 0 Å². The average Bonchev–Trinajstić information content (AvgIpc) is 2.37. The first-order valence-electron chi connectivity index (χ1n) is 9.91. The Hall–Kier alpha value is 0. The molecule has 0 fully saturated rings. The van der Waals surface area contributed by atoms with Crippen LogP contribution in [0.25, 0.3) is 0 Å². The van der Waals surface area contributed by atoms with Gasteiger partial charge >= 0.3 is 0 Å². The van der Waals surface area contributed by atoms with Crippen LogP contribution in [-0.2, 0) is 0 Å². The van der Waals surface area contributed by atoms with Crippen LogP contribution in [0, 0.1) is 23.7 Å². The third-order valence-electron chi connectivity index (χ3n) is 4.85. The summed E-state index contributed by atoms with van der Waals surface area (Å²) >= 11 is 0. The molecule has 0 aromatic heterocycles. The van der Waals surface area contributed by atoms with Gasteiger partial charge in [-0.15, -0.1) is 0 Å². The van der Waals surface area contributed by atoms with Gasteiger partial charge in [0.2, 0.25) is 0 Å². The molecule has 0 rings (SSSR count). The second-order valence-electron chi connectivity index (χ2n) is 8.50. The highest BCUT2D eigenvalue weighted by Crippen LogP contribution is 2.21. The Morgan fingerprint density at radius 3 is 1.05 bits per heavy atom. The molecule has 0 radical (unpaired) electrons. The summed E-state index contributed by atoms with van der Waals surface area (Å²) in [6.45, 7) is 14.3. The molecule has 0 heteroatoms. The molecule has 0 aliphatic rings. The van der Waals surface area contributed by atoms with Crippen LogP contribution in [0.2, 0.25) is 0 Å². The van der Waals surface area contributed by atoms with Crippen LogP contribution in [0.3, 0.4) is 0 Å². The summed E-state index contributed by atoms with van der Waals surface area (Å²) in [4.78, 5) is 0. The summed E-state index contributed by atoms with van der Waals surface area (Å²) in [5.41, 5.74) is 0. The molecule has 0 aliphatic carbocycles. The van der Waals surface area contributed by atoms with Gasteiger partial charge in [0.25, 0.3) is 0 Å². The molecule has 0 aromatic rings. The first-order chi connectivity index (χ1) is 9.91. The van der Waals surface area contributed by atoms with Crippen molar-refractivity contribution in [1.82, 2.24) is 0 Å². The monoisotopic (exact) mass is 296 g/mol. The fourth-order valence-corrected chi connectivity index (χ4v) is 3.20. The summed E-state index contributed by atoms with van der Waals surface area (Å²) in [6, 6.07) is 0. The van der Waals surface area contributed by atoms with Gasteiger partial charge in [0, 0.05) is 0 Å². The Morgan fingerprint density at radius 1 is 0.381 bits per heavy atom. The first-order valence-corrected chi connectivity index (χ1v) is 9.91. The second kappa shape index (κ2) is 13.6. The van der Waals surface area contributed by atoms with Crippen molar-refractivity contribution in [3.8, 4) is 0 Å². The lowest BCUT2D eigenvalue weighted by Gasteiger charge is -2.14. The van der Waals surface area contributed by atoms with Gasteiger partial charge in [0.05, 0.1) is 0 Å². The third-order valence-corrected chi connectivity index (χ3v) is 4.85. The summed E-state index contributed by atoms with van der Waals surface area (Å²) in [7, 11) is 0. The molecule has 0 aromatic carbocycles. The summed E-state index contributed by atoms with van der Waals surface area (Å²) in [5, 5.41) is 0. The van der Waals surface area contributed by atoms with E-state index in [-0.39, 0.29) is 0 Å². The van der Waals surface area contributed by atoms with Crippen molar-refractivity contribution < 1.29 is 0 Å². The first kappa shape index (κ1) is 21.0. The number of hydrogen-bond donors (Lipinski definition) is 0. The van der Waals surface area contributed by atoms with Crippen LogP contribution >= 0.6 is 0 Å². The van der Waals surface area contributed by atoms with Crippen molar-refractivity contribution in [3.63, 3.8) is 0 Å². The molecule has 2 unspecified atom stereocenters. The lowest BCUT2D eigenvalue weighted by Crippen LogP contribution is -1.98. The predicted octanol–water partition coefficient (Wildman–Crippen LogP) is 7.86. The largest absolute Gasteiger partial charge is 0.0628 e. The molecule has 0 nitrogen and oxygen atoms in total. The molecule has 2 atom stereocenters. The van der Waals surface area contributed by atoms with Crippen molar-refractivity contribution >= 4 is 0 Å². The molecular weight excluding hydrogens is 252 g/mol. The van der Waals surface area contributed by atoms with Gasteiger partial charge in [-0.1, -0.05) is 112 Å². The van der Waals surface area contributed by atoms with Crippen molar-refractivity contribution in [2.75, 3.05) is 0 Å². The maximum atomic E-state index is 2.45. The van der Waals surface area contributed by atoms with Crippen molar-refractivity contribution in [3.05, 3.63) is 0 Å². The minimum atomic E-state index is 0.884. The zero-order valence-electron chi connectivity index (χ0n) is 16.1. The third kappa shape index (κ3) is 16.2. The van der Waals surface area contributed by atoms with E-state index >= 15 is 0 Å². The predicted molar refractivity (Wildman–Crippen MR) is 98.8 cm³/mol. The Morgan fingerprint density at radius 2 is 0.714 bits per heavy atom. The minimum absolute atomic E-state index is 0.884. The van der Waals surface area contributed by atoms with Gasteiger partial charge in [-0.05, 0) is 23.7 Å². The average molecular weight is 297 g/mol. The van der Waals surface area contributed by atoms with Gasteiger partial charge in [0.1, 0.15) is 0 Å². The Labute approximate surface area is 136 Å². The van der Waals surface area contributed by atoms with Crippen LogP contribution in [-0.4, -0.2) is 0 Å². The quantitative estimate of drug-likeness (QED) is 0.286. The zero-order chi connectivity index (χ0) is 16.1. The Kier molecular flexibility index (Phi) is 13.6. The number of hydrogen-bond acceptors (Lipinski definition) is 0. The molecule has 128 valence electrons. The highest BCUT2D eigenvalue weighted by molar-refractivity contribution is 4.59. The van der Waals surface area contributed by atoms with E-state index in [4.69, 9.17) is 0 Å². The molecule has 0 heterocycles. The topological polar surface area (TPSA) is 0 Å². The smallest absolute Gasteiger partial charge is 0.0443 e. The van der Waals surface area contributed by atoms with Crippen LogP contribution < -0.4 is 0 Å². The second-order valence-corrected chi connectivity index (χ2v) is 8.50. The lowest BCUT2D eigenvalue weighted by atomic mass is 9.93. The molecule has 0 aliphatic heterocycles. The van der Waals surface area contributed by atoms with E-state index in [0.717, 1.165) is 23.7 Å².